The summed E-state index contributed by atoms with van der Waals surface area (Å²) in [7, 11) is 0. The fraction of sp³-hybridized carbons (Fsp3) is 0.417. The highest BCUT2D eigenvalue weighted by Crippen LogP contribution is 2.48. The normalized spacial score (nSPS) is 17.7. The summed E-state index contributed by atoms with van der Waals surface area (Å²) < 4.78 is 6.35. The maximum Gasteiger partial charge on any atom is 0.230 e. The van der Waals surface area contributed by atoms with Gasteiger partial charge in [-0.05, 0) is 48.2 Å². The van der Waals surface area contributed by atoms with Crippen molar-refractivity contribution in [1.82, 2.24) is 10.2 Å². The Labute approximate surface area is 191 Å². The van der Waals surface area contributed by atoms with Crippen LogP contribution in [0.3, 0.4) is 0 Å². The summed E-state index contributed by atoms with van der Waals surface area (Å²) in [5, 5.41) is 6.05. The van der Waals surface area contributed by atoms with Crippen LogP contribution in [0, 0.1) is 0 Å². The van der Waals surface area contributed by atoms with Crippen LogP contribution >= 0.6 is 15.9 Å². The molecule has 0 spiro atoms. The van der Waals surface area contributed by atoms with E-state index >= 15 is 0 Å². The minimum atomic E-state index is -0.397. The van der Waals surface area contributed by atoms with Gasteiger partial charge in [0.1, 0.15) is 0 Å². The summed E-state index contributed by atoms with van der Waals surface area (Å²) in [5.41, 5.74) is 2.39. The number of halogens is 1. The van der Waals surface area contributed by atoms with Crippen LogP contribution in [-0.2, 0) is 26.3 Å². The van der Waals surface area contributed by atoms with Crippen molar-refractivity contribution in [2.45, 2.75) is 31.2 Å². The summed E-state index contributed by atoms with van der Waals surface area (Å²) in [6, 6.07) is 15.7. The second kappa shape index (κ2) is 9.94. The van der Waals surface area contributed by atoms with E-state index in [1.807, 2.05) is 48.5 Å². The number of carbonyl (C=O) groups excluding carboxylic acids is 2. The van der Waals surface area contributed by atoms with Gasteiger partial charge in [-0.3, -0.25) is 14.5 Å². The topological polar surface area (TPSA) is 70.7 Å². The molecule has 2 amide bonds. The molecule has 1 saturated carbocycles. The molecule has 4 rings (SSSR count). The van der Waals surface area contributed by atoms with Crippen LogP contribution in [-0.4, -0.2) is 49.6 Å². The molecule has 1 heterocycles. The highest BCUT2D eigenvalue weighted by atomic mass is 79.9. The first-order valence-electron chi connectivity index (χ1n) is 10.8. The van der Waals surface area contributed by atoms with E-state index in [4.69, 9.17) is 4.74 Å². The molecular formula is C24H28BrN3O3. The molecule has 1 aliphatic carbocycles. The quantitative estimate of drug-likeness (QED) is 0.600. The zero-order chi connectivity index (χ0) is 21.7. The number of nitrogens with one attached hydrogen (secondary N) is 2. The molecule has 2 N–H and O–H groups in total. The molecular weight excluding hydrogens is 458 g/mol. The zero-order valence-corrected chi connectivity index (χ0v) is 19.1. The van der Waals surface area contributed by atoms with Gasteiger partial charge in [-0.1, -0.05) is 40.2 Å². The molecule has 0 atom stereocenters. The fourth-order valence-corrected chi connectivity index (χ4v) is 4.22. The van der Waals surface area contributed by atoms with Crippen molar-refractivity contribution in [2.75, 3.05) is 38.2 Å². The SMILES string of the molecule is O=C(CCN1CCOCC1)Nc1cccc(CNC(=O)C2(c3ccc(Br)cc3)CC2)c1. The molecule has 31 heavy (non-hydrogen) atoms. The minimum absolute atomic E-state index is 0.000140. The minimum Gasteiger partial charge on any atom is -0.379 e. The predicted molar refractivity (Wildman–Crippen MR) is 124 cm³/mol. The summed E-state index contributed by atoms with van der Waals surface area (Å²) in [5.74, 6) is 0.0645. The molecule has 2 fully saturated rings. The van der Waals surface area contributed by atoms with E-state index in [1.165, 1.54) is 0 Å². The molecule has 164 valence electrons. The average molecular weight is 486 g/mol. The van der Waals surface area contributed by atoms with Crippen LogP contribution < -0.4 is 10.6 Å². The molecule has 0 bridgehead atoms. The van der Waals surface area contributed by atoms with Crippen LogP contribution in [0.5, 0.6) is 0 Å². The van der Waals surface area contributed by atoms with Crippen molar-refractivity contribution < 1.29 is 14.3 Å². The van der Waals surface area contributed by atoms with Gasteiger partial charge >= 0.3 is 0 Å². The van der Waals surface area contributed by atoms with Crippen molar-refractivity contribution in [3.63, 3.8) is 0 Å². The lowest BCUT2D eigenvalue weighted by Crippen LogP contribution is -2.38. The van der Waals surface area contributed by atoms with Crippen molar-refractivity contribution in [3.05, 3.63) is 64.1 Å². The van der Waals surface area contributed by atoms with Crippen LogP contribution in [0.25, 0.3) is 0 Å². The Morgan fingerprint density at radius 1 is 1.06 bits per heavy atom. The Balaban J connectivity index is 1.28. The summed E-state index contributed by atoms with van der Waals surface area (Å²) in [6.45, 7) is 4.41. The lowest BCUT2D eigenvalue weighted by Gasteiger charge is -2.26. The number of morpholine rings is 1. The third-order valence-corrected chi connectivity index (χ3v) is 6.53. The maximum atomic E-state index is 12.9. The number of rotatable bonds is 8. The van der Waals surface area contributed by atoms with Crippen molar-refractivity contribution in [1.29, 1.82) is 0 Å². The molecule has 2 aliphatic rings. The molecule has 7 heteroatoms. The molecule has 1 saturated heterocycles. The number of carbonyl (C=O) groups is 2. The first-order valence-corrected chi connectivity index (χ1v) is 11.6. The van der Waals surface area contributed by atoms with Crippen molar-refractivity contribution in [3.8, 4) is 0 Å². The number of anilines is 1. The number of amides is 2. The van der Waals surface area contributed by atoms with Gasteiger partial charge in [0.25, 0.3) is 0 Å². The third-order valence-electron chi connectivity index (χ3n) is 6.00. The smallest absolute Gasteiger partial charge is 0.230 e. The van der Waals surface area contributed by atoms with Gasteiger partial charge in [-0.25, -0.2) is 0 Å². The highest BCUT2D eigenvalue weighted by molar-refractivity contribution is 9.10. The molecule has 1 aliphatic heterocycles. The van der Waals surface area contributed by atoms with Crippen LogP contribution in [0.1, 0.15) is 30.4 Å². The average Bonchev–Trinajstić information content (AvgIpc) is 3.60. The molecule has 0 aromatic heterocycles. The number of ether oxygens (including phenoxy) is 1. The van der Waals surface area contributed by atoms with Gasteiger partial charge in [-0.2, -0.15) is 0 Å². The molecule has 6 nitrogen and oxygen atoms in total. The second-order valence-electron chi connectivity index (χ2n) is 8.22. The first kappa shape index (κ1) is 22.0. The van der Waals surface area contributed by atoms with Gasteiger partial charge in [0.2, 0.25) is 11.8 Å². The number of benzene rings is 2. The Morgan fingerprint density at radius 3 is 2.52 bits per heavy atom. The predicted octanol–water partition coefficient (Wildman–Crippen LogP) is 3.46. The molecule has 2 aromatic rings. The Hall–Kier alpha value is -2.22. The summed E-state index contributed by atoms with van der Waals surface area (Å²) in [6.07, 6.45) is 2.20. The third kappa shape index (κ3) is 5.73. The molecule has 0 unspecified atom stereocenters. The maximum absolute atomic E-state index is 12.9. The van der Waals surface area contributed by atoms with Crippen LogP contribution in [0.15, 0.2) is 53.0 Å². The lowest BCUT2D eigenvalue weighted by atomic mass is 9.95. The number of nitrogens with zero attached hydrogens (tertiary/aromatic N) is 1. The second-order valence-corrected chi connectivity index (χ2v) is 9.14. The number of hydrogen-bond acceptors (Lipinski definition) is 4. The number of hydrogen-bond donors (Lipinski definition) is 2. The van der Waals surface area contributed by atoms with Gasteiger partial charge in [-0.15, -0.1) is 0 Å². The Morgan fingerprint density at radius 2 is 1.81 bits per heavy atom. The Kier molecular flexibility index (Phi) is 7.05. The van der Waals surface area contributed by atoms with E-state index in [0.29, 0.717) is 13.0 Å². The van der Waals surface area contributed by atoms with E-state index in [2.05, 4.69) is 31.5 Å². The van der Waals surface area contributed by atoms with Gasteiger partial charge < -0.3 is 15.4 Å². The van der Waals surface area contributed by atoms with Gasteiger partial charge in [0, 0.05) is 42.8 Å². The molecule has 2 aromatic carbocycles. The van der Waals surface area contributed by atoms with E-state index in [0.717, 1.165) is 67.0 Å². The zero-order valence-electron chi connectivity index (χ0n) is 17.5. The van der Waals surface area contributed by atoms with E-state index in [-0.39, 0.29) is 11.8 Å². The van der Waals surface area contributed by atoms with E-state index < -0.39 is 5.41 Å². The van der Waals surface area contributed by atoms with Crippen molar-refractivity contribution >= 4 is 33.4 Å². The van der Waals surface area contributed by atoms with Crippen LogP contribution in [0.4, 0.5) is 5.69 Å². The highest BCUT2D eigenvalue weighted by Gasteiger charge is 2.51. The monoisotopic (exact) mass is 485 g/mol. The largest absolute Gasteiger partial charge is 0.379 e. The standard InChI is InChI=1S/C24H28BrN3O3/c25-20-6-4-19(5-7-20)24(9-10-24)23(30)26-17-18-2-1-3-21(16-18)27-22(29)8-11-28-12-14-31-15-13-28/h1-7,16H,8-15,17H2,(H,26,30)(H,27,29). The first-order chi connectivity index (χ1) is 15.0. The van der Waals surface area contributed by atoms with Gasteiger partial charge in [0.15, 0.2) is 0 Å². The van der Waals surface area contributed by atoms with Crippen LogP contribution in [0.2, 0.25) is 0 Å². The van der Waals surface area contributed by atoms with E-state index in [9.17, 15) is 9.59 Å². The summed E-state index contributed by atoms with van der Waals surface area (Å²) in [4.78, 5) is 27.4. The van der Waals surface area contributed by atoms with Gasteiger partial charge in [0.05, 0.1) is 18.6 Å². The Bertz CT molecular complexity index is 922. The molecule has 0 radical (unpaired) electrons. The van der Waals surface area contributed by atoms with E-state index in [1.54, 1.807) is 0 Å². The fourth-order valence-electron chi connectivity index (χ4n) is 3.96. The van der Waals surface area contributed by atoms with Crippen molar-refractivity contribution in [2.24, 2.45) is 0 Å². The summed E-state index contributed by atoms with van der Waals surface area (Å²) >= 11 is 3.45. The lowest BCUT2D eigenvalue weighted by molar-refractivity contribution is -0.123.